The standard InChI is InChI=1S/C19H18F3N3O4S/c20-19(21,22)14-2-1-3-16(12-14)23-8-10-24(11-9-23)18(26)13-30(29)17-6-4-15(5-7-17)25(27)28/h1-7,12H,8-11,13H2/t30-/m1/s1. The van der Waals surface area contributed by atoms with Gasteiger partial charge < -0.3 is 9.80 Å². The molecule has 0 aliphatic carbocycles. The highest BCUT2D eigenvalue weighted by Crippen LogP contribution is 2.31. The Labute approximate surface area is 172 Å². The molecule has 160 valence electrons. The summed E-state index contributed by atoms with van der Waals surface area (Å²) in [6, 6.07) is 10.2. The normalized spacial score (nSPS) is 15.7. The van der Waals surface area contributed by atoms with Crippen molar-refractivity contribution in [1.29, 1.82) is 0 Å². The second-order valence-corrected chi connectivity index (χ2v) is 8.11. The maximum Gasteiger partial charge on any atom is 0.416 e. The Morgan fingerprint density at radius 1 is 1.07 bits per heavy atom. The molecule has 0 saturated carbocycles. The van der Waals surface area contributed by atoms with E-state index in [0.29, 0.717) is 36.8 Å². The molecule has 30 heavy (non-hydrogen) atoms. The van der Waals surface area contributed by atoms with Gasteiger partial charge in [0, 0.05) is 48.9 Å². The number of anilines is 1. The molecular formula is C19H18F3N3O4S. The maximum atomic E-state index is 12.9. The highest BCUT2D eigenvalue weighted by molar-refractivity contribution is 7.85. The number of rotatable bonds is 5. The lowest BCUT2D eigenvalue weighted by molar-refractivity contribution is -0.384. The van der Waals surface area contributed by atoms with Gasteiger partial charge in [-0.15, -0.1) is 0 Å². The first-order valence-electron chi connectivity index (χ1n) is 8.98. The van der Waals surface area contributed by atoms with Gasteiger partial charge in [-0.25, -0.2) is 0 Å². The first kappa shape index (κ1) is 21.8. The van der Waals surface area contributed by atoms with Crippen molar-refractivity contribution in [1.82, 2.24) is 4.90 Å². The quantitative estimate of drug-likeness (QED) is 0.526. The topological polar surface area (TPSA) is 83.8 Å². The molecule has 0 N–H and O–H groups in total. The molecule has 0 radical (unpaired) electrons. The first-order valence-corrected chi connectivity index (χ1v) is 10.3. The number of halogens is 3. The van der Waals surface area contributed by atoms with Crippen molar-refractivity contribution in [2.75, 3.05) is 36.8 Å². The van der Waals surface area contributed by atoms with Crippen LogP contribution in [-0.4, -0.2) is 51.9 Å². The van der Waals surface area contributed by atoms with Gasteiger partial charge >= 0.3 is 6.18 Å². The van der Waals surface area contributed by atoms with Crippen LogP contribution in [0.3, 0.4) is 0 Å². The number of alkyl halides is 3. The van der Waals surface area contributed by atoms with Crippen LogP contribution in [0.15, 0.2) is 53.4 Å². The Morgan fingerprint density at radius 2 is 1.70 bits per heavy atom. The van der Waals surface area contributed by atoms with Crippen LogP contribution in [0.5, 0.6) is 0 Å². The summed E-state index contributed by atoms with van der Waals surface area (Å²) in [6.07, 6.45) is -4.42. The fourth-order valence-electron chi connectivity index (χ4n) is 3.10. The zero-order valence-corrected chi connectivity index (χ0v) is 16.5. The monoisotopic (exact) mass is 441 g/mol. The van der Waals surface area contributed by atoms with Gasteiger partial charge in [-0.05, 0) is 30.3 Å². The number of nitrogens with zero attached hydrogens (tertiary/aromatic N) is 3. The molecule has 1 atom stereocenters. The van der Waals surface area contributed by atoms with E-state index in [1.54, 1.807) is 11.0 Å². The minimum absolute atomic E-state index is 0.132. The van der Waals surface area contributed by atoms with Crippen LogP contribution in [0.1, 0.15) is 5.56 Å². The minimum Gasteiger partial charge on any atom is -0.368 e. The van der Waals surface area contributed by atoms with Crippen molar-refractivity contribution in [2.24, 2.45) is 0 Å². The van der Waals surface area contributed by atoms with E-state index in [0.717, 1.165) is 12.1 Å². The number of non-ortho nitro benzene ring substituents is 1. The zero-order valence-electron chi connectivity index (χ0n) is 15.7. The van der Waals surface area contributed by atoms with E-state index in [2.05, 4.69) is 0 Å². The van der Waals surface area contributed by atoms with Gasteiger partial charge in [-0.2, -0.15) is 13.2 Å². The van der Waals surface area contributed by atoms with E-state index in [1.165, 1.54) is 35.2 Å². The molecule has 1 saturated heterocycles. The van der Waals surface area contributed by atoms with Crippen molar-refractivity contribution in [3.8, 4) is 0 Å². The average Bonchev–Trinajstić information content (AvgIpc) is 2.73. The number of carbonyl (C=O) groups is 1. The average molecular weight is 441 g/mol. The SMILES string of the molecule is O=C(C[S@@](=O)c1ccc([N+](=O)[O-])cc1)N1CCN(c2cccc(C(F)(F)F)c2)CC1. The highest BCUT2D eigenvalue weighted by Gasteiger charge is 2.31. The summed E-state index contributed by atoms with van der Waals surface area (Å²) in [6.45, 7) is 1.31. The van der Waals surface area contributed by atoms with E-state index in [-0.39, 0.29) is 17.3 Å². The minimum atomic E-state index is -4.42. The van der Waals surface area contributed by atoms with Gasteiger partial charge in [-0.3, -0.25) is 19.1 Å². The van der Waals surface area contributed by atoms with Gasteiger partial charge in [0.2, 0.25) is 5.91 Å². The van der Waals surface area contributed by atoms with Crippen molar-refractivity contribution in [2.45, 2.75) is 11.1 Å². The van der Waals surface area contributed by atoms with Gasteiger partial charge in [0.25, 0.3) is 5.69 Å². The number of hydrogen-bond acceptors (Lipinski definition) is 5. The zero-order chi connectivity index (χ0) is 21.9. The summed E-state index contributed by atoms with van der Waals surface area (Å²) in [5, 5.41) is 10.7. The summed E-state index contributed by atoms with van der Waals surface area (Å²) in [7, 11) is -1.65. The largest absolute Gasteiger partial charge is 0.416 e. The Balaban J connectivity index is 1.56. The Hall–Kier alpha value is -2.95. The molecular weight excluding hydrogens is 423 g/mol. The van der Waals surface area contributed by atoms with E-state index >= 15 is 0 Å². The summed E-state index contributed by atoms with van der Waals surface area (Å²) >= 11 is 0. The van der Waals surface area contributed by atoms with Crippen LogP contribution in [0.25, 0.3) is 0 Å². The van der Waals surface area contributed by atoms with Gasteiger partial charge in [0.1, 0.15) is 5.75 Å². The predicted molar refractivity (Wildman–Crippen MR) is 105 cm³/mol. The number of nitro benzene ring substituents is 1. The number of piperazine rings is 1. The number of benzene rings is 2. The van der Waals surface area contributed by atoms with E-state index in [1.807, 2.05) is 0 Å². The molecule has 1 heterocycles. The van der Waals surface area contributed by atoms with Crippen LogP contribution in [0.2, 0.25) is 0 Å². The van der Waals surface area contributed by atoms with E-state index in [9.17, 15) is 32.3 Å². The number of hydrogen-bond donors (Lipinski definition) is 0. The lowest BCUT2D eigenvalue weighted by atomic mass is 10.1. The molecule has 11 heteroatoms. The van der Waals surface area contributed by atoms with Crippen LogP contribution in [0.4, 0.5) is 24.5 Å². The third kappa shape index (κ3) is 5.15. The van der Waals surface area contributed by atoms with Crippen LogP contribution >= 0.6 is 0 Å². The fourth-order valence-corrected chi connectivity index (χ4v) is 4.11. The second kappa shape index (κ2) is 8.82. The summed E-state index contributed by atoms with van der Waals surface area (Å²) < 4.78 is 51.1. The van der Waals surface area contributed by atoms with Crippen molar-refractivity contribution >= 4 is 28.1 Å². The lowest BCUT2D eigenvalue weighted by Gasteiger charge is -2.36. The number of nitro groups is 1. The fraction of sp³-hybridized carbons (Fsp3) is 0.316. The Morgan fingerprint density at radius 3 is 2.27 bits per heavy atom. The third-order valence-corrected chi connectivity index (χ3v) is 6.04. The highest BCUT2D eigenvalue weighted by atomic mass is 32.2. The first-order chi connectivity index (χ1) is 14.1. The van der Waals surface area contributed by atoms with Gasteiger partial charge in [-0.1, -0.05) is 6.07 Å². The lowest BCUT2D eigenvalue weighted by Crippen LogP contribution is -2.50. The number of amides is 1. The molecule has 3 rings (SSSR count). The molecule has 2 aromatic rings. The van der Waals surface area contributed by atoms with Crippen LogP contribution in [0, 0.1) is 10.1 Å². The van der Waals surface area contributed by atoms with Crippen molar-refractivity contribution < 1.29 is 27.1 Å². The molecule has 2 aromatic carbocycles. The molecule has 0 bridgehead atoms. The smallest absolute Gasteiger partial charge is 0.368 e. The van der Waals surface area contributed by atoms with E-state index in [4.69, 9.17) is 0 Å². The van der Waals surface area contributed by atoms with Gasteiger partial charge in [0.15, 0.2) is 0 Å². The predicted octanol–water partition coefficient (Wildman–Crippen LogP) is 3.07. The van der Waals surface area contributed by atoms with Crippen molar-refractivity contribution in [3.05, 3.63) is 64.2 Å². The molecule has 7 nitrogen and oxygen atoms in total. The Kier molecular flexibility index (Phi) is 6.40. The maximum absolute atomic E-state index is 12.9. The summed E-state index contributed by atoms with van der Waals surface area (Å²) in [5.41, 5.74) is -0.420. The molecule has 0 unspecified atom stereocenters. The van der Waals surface area contributed by atoms with Gasteiger partial charge in [0.05, 0.1) is 21.3 Å². The molecule has 0 spiro atoms. The molecule has 1 amide bonds. The molecule has 0 aromatic heterocycles. The summed E-state index contributed by atoms with van der Waals surface area (Å²) in [4.78, 5) is 26.2. The Bertz CT molecular complexity index is 958. The molecule has 1 fully saturated rings. The van der Waals surface area contributed by atoms with E-state index < -0.39 is 27.5 Å². The molecule has 1 aliphatic rings. The second-order valence-electron chi connectivity index (χ2n) is 6.66. The third-order valence-electron chi connectivity index (χ3n) is 4.74. The van der Waals surface area contributed by atoms with Crippen LogP contribution in [-0.2, 0) is 21.8 Å². The number of carbonyl (C=O) groups excluding carboxylic acids is 1. The van der Waals surface area contributed by atoms with Crippen molar-refractivity contribution in [3.63, 3.8) is 0 Å². The summed E-state index contributed by atoms with van der Waals surface area (Å²) in [5.74, 6) is -0.600. The van der Waals surface area contributed by atoms with Crippen LogP contribution < -0.4 is 4.90 Å². The molecule has 1 aliphatic heterocycles.